The Hall–Kier alpha value is -4.10. The van der Waals surface area contributed by atoms with Crippen molar-refractivity contribution in [3.8, 4) is 5.75 Å². The molecule has 2 heterocycles. The number of ether oxygens (including phenoxy) is 1. The van der Waals surface area contributed by atoms with Crippen LogP contribution in [0, 0.1) is 5.41 Å². The molecule has 42 heavy (non-hydrogen) atoms. The summed E-state index contributed by atoms with van der Waals surface area (Å²) >= 11 is 0. The fraction of sp³-hybridized carbons (Fsp3) is 0.371. The molecule has 6 rings (SSSR count). The molecule has 1 amide bonds. The largest absolute Gasteiger partial charge is 0.497 e. The zero-order chi connectivity index (χ0) is 29.3. The summed E-state index contributed by atoms with van der Waals surface area (Å²) in [5, 5.41) is 3.64. The number of nitrogens with zero attached hydrogens (tertiary/aromatic N) is 3. The number of anilines is 2. The van der Waals surface area contributed by atoms with Gasteiger partial charge >= 0.3 is 0 Å². The van der Waals surface area contributed by atoms with Gasteiger partial charge in [-0.05, 0) is 47.2 Å². The zero-order valence-corrected chi connectivity index (χ0v) is 24.8. The monoisotopic (exact) mass is 564 g/mol. The minimum atomic E-state index is -0.418. The standard InChI is InChI=1S/C35H40N4O3/c1-35(2)21-29-33(31(40)22-35)34(26-12-9-13-27(20-26)42-3)39(30-15-8-7-14-28(30)36-29)24-32(41)38-18-16-37(17-19-38)23-25-10-5-4-6-11-25/h4-15,20,34,36H,16-19,21-24H2,1-3H3. The Kier molecular flexibility index (Phi) is 7.78. The highest BCUT2D eigenvalue weighted by Gasteiger charge is 2.42. The third kappa shape index (κ3) is 5.79. The van der Waals surface area contributed by atoms with E-state index < -0.39 is 6.04 Å². The van der Waals surface area contributed by atoms with Crippen molar-refractivity contribution in [2.45, 2.75) is 39.3 Å². The van der Waals surface area contributed by atoms with Crippen LogP contribution in [-0.2, 0) is 16.1 Å². The van der Waals surface area contributed by atoms with Crippen LogP contribution in [0.3, 0.4) is 0 Å². The van der Waals surface area contributed by atoms with Crippen molar-refractivity contribution in [2.75, 3.05) is 50.1 Å². The lowest BCUT2D eigenvalue weighted by Gasteiger charge is -2.40. The van der Waals surface area contributed by atoms with E-state index in [2.05, 4.69) is 59.3 Å². The summed E-state index contributed by atoms with van der Waals surface area (Å²) < 4.78 is 5.59. The molecule has 0 bridgehead atoms. The molecule has 7 nitrogen and oxygen atoms in total. The molecule has 1 saturated heterocycles. The van der Waals surface area contributed by atoms with Crippen LogP contribution in [0.25, 0.3) is 0 Å². The van der Waals surface area contributed by atoms with E-state index in [-0.39, 0.29) is 23.7 Å². The summed E-state index contributed by atoms with van der Waals surface area (Å²) in [4.78, 5) is 34.5. The first-order valence-electron chi connectivity index (χ1n) is 14.9. The van der Waals surface area contributed by atoms with Crippen LogP contribution in [0.4, 0.5) is 11.4 Å². The normalized spacial score (nSPS) is 20.4. The van der Waals surface area contributed by atoms with E-state index in [1.807, 2.05) is 53.4 Å². The Labute approximate surface area is 248 Å². The number of para-hydroxylation sites is 2. The Balaban J connectivity index is 1.33. The van der Waals surface area contributed by atoms with Gasteiger partial charge < -0.3 is 19.9 Å². The lowest BCUT2D eigenvalue weighted by atomic mass is 9.73. The number of nitrogens with one attached hydrogen (secondary N) is 1. The van der Waals surface area contributed by atoms with Crippen molar-refractivity contribution in [1.82, 2.24) is 9.80 Å². The molecule has 3 aromatic carbocycles. The van der Waals surface area contributed by atoms with Gasteiger partial charge in [-0.25, -0.2) is 0 Å². The van der Waals surface area contributed by atoms with Crippen molar-refractivity contribution in [2.24, 2.45) is 5.41 Å². The average molecular weight is 565 g/mol. The number of ketones is 1. The van der Waals surface area contributed by atoms with Gasteiger partial charge in [-0.3, -0.25) is 14.5 Å². The first-order chi connectivity index (χ1) is 20.3. The van der Waals surface area contributed by atoms with E-state index >= 15 is 0 Å². The number of fused-ring (bicyclic) bond motifs is 1. The first kappa shape index (κ1) is 28.0. The van der Waals surface area contributed by atoms with Crippen LogP contribution in [0.5, 0.6) is 5.75 Å². The Morgan fingerprint density at radius 3 is 2.43 bits per heavy atom. The second-order valence-electron chi connectivity index (χ2n) is 12.4. The molecule has 0 spiro atoms. The summed E-state index contributed by atoms with van der Waals surface area (Å²) in [5.74, 6) is 0.926. The number of Topliss-reactive ketones (excluding diaryl/α,β-unsaturated/α-hetero) is 1. The van der Waals surface area contributed by atoms with E-state index in [1.54, 1.807) is 7.11 Å². The molecule has 218 valence electrons. The van der Waals surface area contributed by atoms with Gasteiger partial charge in [0.15, 0.2) is 5.78 Å². The number of methoxy groups -OCH3 is 1. The predicted octanol–water partition coefficient (Wildman–Crippen LogP) is 5.66. The van der Waals surface area contributed by atoms with Crippen LogP contribution >= 0.6 is 0 Å². The smallest absolute Gasteiger partial charge is 0.242 e. The number of benzene rings is 3. The number of amides is 1. The van der Waals surface area contributed by atoms with E-state index in [0.717, 1.165) is 60.0 Å². The number of allylic oxidation sites excluding steroid dienone is 1. The first-order valence-corrected chi connectivity index (χ1v) is 14.9. The molecule has 1 aliphatic carbocycles. The van der Waals surface area contributed by atoms with Gasteiger partial charge in [0.25, 0.3) is 0 Å². The van der Waals surface area contributed by atoms with Gasteiger partial charge in [0.2, 0.25) is 5.91 Å². The summed E-state index contributed by atoms with van der Waals surface area (Å²) in [5.41, 5.74) is 5.61. The minimum absolute atomic E-state index is 0.0738. The zero-order valence-electron chi connectivity index (χ0n) is 24.8. The second-order valence-corrected chi connectivity index (χ2v) is 12.4. The molecule has 3 aromatic rings. The number of carbonyl (C=O) groups excluding carboxylic acids is 2. The molecule has 1 unspecified atom stereocenters. The Morgan fingerprint density at radius 1 is 0.929 bits per heavy atom. The molecule has 0 saturated carbocycles. The molecule has 7 heteroatoms. The van der Waals surface area contributed by atoms with E-state index in [1.165, 1.54) is 5.56 Å². The average Bonchev–Trinajstić information content (AvgIpc) is 3.12. The van der Waals surface area contributed by atoms with Gasteiger partial charge in [-0.2, -0.15) is 0 Å². The van der Waals surface area contributed by atoms with Crippen molar-refractivity contribution in [1.29, 1.82) is 0 Å². The third-order valence-electron chi connectivity index (χ3n) is 8.69. The summed E-state index contributed by atoms with van der Waals surface area (Å²) in [6.07, 6.45) is 1.23. The lowest BCUT2D eigenvalue weighted by Crippen LogP contribution is -2.51. The number of piperazine rings is 1. The maximum atomic E-state index is 14.0. The topological polar surface area (TPSA) is 65.1 Å². The van der Waals surface area contributed by atoms with Gasteiger partial charge in [0.1, 0.15) is 5.75 Å². The van der Waals surface area contributed by atoms with Crippen LogP contribution in [0.2, 0.25) is 0 Å². The molecule has 0 radical (unpaired) electrons. The summed E-state index contributed by atoms with van der Waals surface area (Å²) in [7, 11) is 1.65. The number of hydrogen-bond donors (Lipinski definition) is 1. The maximum absolute atomic E-state index is 14.0. The highest BCUT2D eigenvalue weighted by Crippen LogP contribution is 2.48. The molecule has 1 fully saturated rings. The summed E-state index contributed by atoms with van der Waals surface area (Å²) in [6, 6.07) is 26.1. The van der Waals surface area contributed by atoms with Gasteiger partial charge in [0.05, 0.1) is 31.1 Å². The molecular formula is C35H40N4O3. The summed E-state index contributed by atoms with van der Waals surface area (Å²) in [6.45, 7) is 8.39. The highest BCUT2D eigenvalue weighted by atomic mass is 16.5. The Morgan fingerprint density at radius 2 is 1.67 bits per heavy atom. The fourth-order valence-electron chi connectivity index (χ4n) is 6.63. The van der Waals surface area contributed by atoms with Crippen molar-refractivity contribution < 1.29 is 14.3 Å². The molecule has 1 N–H and O–H groups in total. The predicted molar refractivity (Wildman–Crippen MR) is 166 cm³/mol. The minimum Gasteiger partial charge on any atom is -0.497 e. The molecule has 2 aliphatic heterocycles. The lowest BCUT2D eigenvalue weighted by molar-refractivity contribution is -0.131. The number of hydrogen-bond acceptors (Lipinski definition) is 6. The van der Waals surface area contributed by atoms with Crippen LogP contribution in [0.1, 0.15) is 43.9 Å². The van der Waals surface area contributed by atoms with Crippen molar-refractivity contribution >= 4 is 23.1 Å². The van der Waals surface area contributed by atoms with E-state index in [4.69, 9.17) is 4.74 Å². The molecule has 3 aliphatic rings. The van der Waals surface area contributed by atoms with E-state index in [0.29, 0.717) is 19.5 Å². The van der Waals surface area contributed by atoms with Gasteiger partial charge in [0, 0.05) is 50.4 Å². The third-order valence-corrected chi connectivity index (χ3v) is 8.69. The second kappa shape index (κ2) is 11.6. The maximum Gasteiger partial charge on any atom is 0.242 e. The van der Waals surface area contributed by atoms with Gasteiger partial charge in [-0.1, -0.05) is 68.4 Å². The SMILES string of the molecule is COc1cccc(C2C3=C(CC(C)(C)CC3=O)Nc3ccccc3N2CC(=O)N2CCN(Cc3ccccc3)CC2)c1. The molecule has 1 atom stereocenters. The van der Waals surface area contributed by atoms with E-state index in [9.17, 15) is 9.59 Å². The quantitative estimate of drug-likeness (QED) is 0.417. The number of carbonyl (C=O) groups is 2. The number of rotatable bonds is 6. The highest BCUT2D eigenvalue weighted by molar-refractivity contribution is 6.02. The van der Waals surface area contributed by atoms with Crippen LogP contribution in [0.15, 0.2) is 90.1 Å². The van der Waals surface area contributed by atoms with Crippen molar-refractivity contribution in [3.05, 3.63) is 101 Å². The van der Waals surface area contributed by atoms with Crippen molar-refractivity contribution in [3.63, 3.8) is 0 Å². The fourth-order valence-corrected chi connectivity index (χ4v) is 6.63. The molecule has 0 aromatic heterocycles. The van der Waals surface area contributed by atoms with Crippen LogP contribution in [-0.4, -0.2) is 61.3 Å². The van der Waals surface area contributed by atoms with Gasteiger partial charge in [-0.15, -0.1) is 0 Å². The molecular weight excluding hydrogens is 524 g/mol. The van der Waals surface area contributed by atoms with Crippen LogP contribution < -0.4 is 15.0 Å². The Bertz CT molecular complexity index is 1490.